The van der Waals surface area contributed by atoms with Gasteiger partial charge < -0.3 is 19.8 Å². The monoisotopic (exact) mass is 449 g/mol. The molecule has 1 amide bonds. The molecule has 1 aliphatic rings. The zero-order chi connectivity index (χ0) is 22.3. The minimum absolute atomic E-state index is 0.0297. The number of aromatic amines is 1. The van der Waals surface area contributed by atoms with Crippen molar-refractivity contribution in [2.24, 2.45) is 0 Å². The summed E-state index contributed by atoms with van der Waals surface area (Å²) in [4.78, 5) is 27.2. The Morgan fingerprint density at radius 3 is 2.61 bits per heavy atom. The number of carbonyl (C=O) groups excluding carboxylic acids is 2. The highest BCUT2D eigenvalue weighted by molar-refractivity contribution is 7.89. The van der Waals surface area contributed by atoms with E-state index in [-0.39, 0.29) is 29.7 Å². The molecule has 168 valence electrons. The van der Waals surface area contributed by atoms with Crippen LogP contribution in [0.2, 0.25) is 0 Å². The van der Waals surface area contributed by atoms with Crippen molar-refractivity contribution in [1.82, 2.24) is 14.6 Å². The van der Waals surface area contributed by atoms with Crippen LogP contribution in [0.15, 0.2) is 47.5 Å². The number of hydrogen-bond acceptors (Lipinski definition) is 6. The summed E-state index contributed by atoms with van der Waals surface area (Å²) in [6.45, 7) is 2.74. The fraction of sp³-hybridized carbons (Fsp3) is 0.429. The summed E-state index contributed by atoms with van der Waals surface area (Å²) in [5.74, 6) is -1.23. The van der Waals surface area contributed by atoms with Gasteiger partial charge in [0.05, 0.1) is 19.3 Å². The van der Waals surface area contributed by atoms with E-state index in [1.54, 1.807) is 0 Å². The van der Waals surface area contributed by atoms with Crippen LogP contribution < -0.4 is 5.32 Å². The smallest absolute Gasteiger partial charge is 0.355 e. The van der Waals surface area contributed by atoms with Gasteiger partial charge in [-0.1, -0.05) is 43.7 Å². The Morgan fingerprint density at radius 1 is 1.23 bits per heavy atom. The minimum Gasteiger partial charge on any atom is -0.451 e. The van der Waals surface area contributed by atoms with E-state index in [4.69, 9.17) is 9.47 Å². The van der Waals surface area contributed by atoms with Crippen LogP contribution >= 0.6 is 0 Å². The van der Waals surface area contributed by atoms with E-state index in [1.807, 2.05) is 37.3 Å². The third-order valence-electron chi connectivity index (χ3n) is 4.93. The summed E-state index contributed by atoms with van der Waals surface area (Å²) in [5.41, 5.74) is 0.944. The highest BCUT2D eigenvalue weighted by atomic mass is 32.2. The molecule has 2 aromatic rings. The Bertz CT molecular complexity index is 984. The Hall–Kier alpha value is -2.69. The molecule has 0 radical (unpaired) electrons. The lowest BCUT2D eigenvalue weighted by Crippen LogP contribution is -2.40. The van der Waals surface area contributed by atoms with E-state index in [1.165, 1.54) is 16.6 Å². The lowest BCUT2D eigenvalue weighted by molar-refractivity contribution is -0.125. The van der Waals surface area contributed by atoms with Crippen LogP contribution in [0.3, 0.4) is 0 Å². The van der Waals surface area contributed by atoms with E-state index in [9.17, 15) is 18.0 Å². The van der Waals surface area contributed by atoms with Crippen molar-refractivity contribution in [2.75, 3.05) is 32.9 Å². The van der Waals surface area contributed by atoms with Gasteiger partial charge in [-0.15, -0.1) is 0 Å². The standard InChI is InChI=1S/C21H27N3O6S/c1-2-6-18(16-7-4-3-5-8-16)23-20(25)15-30-21(26)19-13-17(14-22-19)31(27,28)24-9-11-29-12-10-24/h3-5,7-8,13-14,18,22H,2,6,9-12,15H2,1H3,(H,23,25). The lowest BCUT2D eigenvalue weighted by atomic mass is 10.0. The molecule has 3 rings (SSSR count). The first-order chi connectivity index (χ1) is 14.9. The van der Waals surface area contributed by atoms with Crippen molar-refractivity contribution in [1.29, 1.82) is 0 Å². The number of nitrogens with zero attached hydrogens (tertiary/aromatic N) is 1. The Balaban J connectivity index is 1.56. The van der Waals surface area contributed by atoms with Gasteiger partial charge in [0, 0.05) is 19.3 Å². The maximum atomic E-state index is 12.6. The molecule has 0 saturated carbocycles. The molecule has 1 saturated heterocycles. The quantitative estimate of drug-likeness (QED) is 0.564. The molecule has 1 fully saturated rings. The van der Waals surface area contributed by atoms with Gasteiger partial charge in [-0.25, -0.2) is 13.2 Å². The van der Waals surface area contributed by atoms with Crippen molar-refractivity contribution in [3.8, 4) is 0 Å². The molecule has 1 atom stereocenters. The number of H-pyrrole nitrogens is 1. The number of hydrogen-bond donors (Lipinski definition) is 2. The maximum Gasteiger partial charge on any atom is 0.355 e. The second-order valence-electron chi connectivity index (χ2n) is 7.16. The Labute approximate surface area is 181 Å². The van der Waals surface area contributed by atoms with Crippen LogP contribution in [-0.2, 0) is 24.3 Å². The maximum absolute atomic E-state index is 12.6. The number of carbonyl (C=O) groups is 2. The molecule has 1 aromatic carbocycles. The number of rotatable bonds is 9. The molecule has 0 bridgehead atoms. The van der Waals surface area contributed by atoms with Crippen molar-refractivity contribution < 1.29 is 27.5 Å². The molecule has 1 aliphatic heterocycles. The van der Waals surface area contributed by atoms with Crippen LogP contribution in [0.25, 0.3) is 0 Å². The number of amides is 1. The van der Waals surface area contributed by atoms with Crippen molar-refractivity contribution >= 4 is 21.9 Å². The number of esters is 1. The van der Waals surface area contributed by atoms with Crippen molar-refractivity contribution in [3.63, 3.8) is 0 Å². The van der Waals surface area contributed by atoms with E-state index >= 15 is 0 Å². The highest BCUT2D eigenvalue weighted by Crippen LogP contribution is 2.19. The predicted molar refractivity (Wildman–Crippen MR) is 113 cm³/mol. The van der Waals surface area contributed by atoms with Gasteiger partial charge in [-0.05, 0) is 18.1 Å². The second-order valence-corrected chi connectivity index (χ2v) is 9.10. The third-order valence-corrected chi connectivity index (χ3v) is 6.81. The lowest BCUT2D eigenvalue weighted by Gasteiger charge is -2.25. The van der Waals surface area contributed by atoms with Gasteiger partial charge in [-0.2, -0.15) is 4.31 Å². The highest BCUT2D eigenvalue weighted by Gasteiger charge is 2.28. The van der Waals surface area contributed by atoms with Crippen molar-refractivity contribution in [2.45, 2.75) is 30.7 Å². The average Bonchev–Trinajstić information content (AvgIpc) is 3.30. The minimum atomic E-state index is -3.72. The van der Waals surface area contributed by atoms with Crippen LogP contribution in [0.5, 0.6) is 0 Å². The van der Waals surface area contributed by atoms with Crippen LogP contribution in [-0.4, -0.2) is 62.5 Å². The van der Waals surface area contributed by atoms with E-state index in [0.717, 1.165) is 18.4 Å². The predicted octanol–water partition coefficient (Wildman–Crippen LogP) is 1.85. The molecular weight excluding hydrogens is 422 g/mol. The van der Waals surface area contributed by atoms with Gasteiger partial charge in [0.2, 0.25) is 10.0 Å². The van der Waals surface area contributed by atoms with E-state index in [2.05, 4.69) is 10.3 Å². The largest absolute Gasteiger partial charge is 0.451 e. The molecule has 0 aliphatic carbocycles. The van der Waals surface area contributed by atoms with E-state index < -0.39 is 28.5 Å². The number of nitrogens with one attached hydrogen (secondary N) is 2. The molecular formula is C21H27N3O6S. The normalized spacial score (nSPS) is 15.9. The molecule has 2 heterocycles. The number of ether oxygens (including phenoxy) is 2. The fourth-order valence-electron chi connectivity index (χ4n) is 3.32. The first-order valence-corrected chi connectivity index (χ1v) is 11.6. The zero-order valence-corrected chi connectivity index (χ0v) is 18.2. The van der Waals surface area contributed by atoms with Gasteiger partial charge in [0.1, 0.15) is 10.6 Å². The first-order valence-electron chi connectivity index (χ1n) is 10.2. The topological polar surface area (TPSA) is 118 Å². The SMILES string of the molecule is CCCC(NC(=O)COC(=O)c1cc(S(=O)(=O)N2CCOCC2)c[nH]1)c1ccccc1. The third kappa shape index (κ3) is 5.93. The number of aromatic nitrogens is 1. The van der Waals surface area contributed by atoms with Crippen LogP contribution in [0, 0.1) is 0 Å². The summed E-state index contributed by atoms with van der Waals surface area (Å²) in [5, 5.41) is 2.87. The van der Waals surface area contributed by atoms with Crippen LogP contribution in [0.1, 0.15) is 41.9 Å². The molecule has 1 unspecified atom stereocenters. The molecule has 31 heavy (non-hydrogen) atoms. The zero-order valence-electron chi connectivity index (χ0n) is 17.4. The average molecular weight is 450 g/mol. The van der Waals surface area contributed by atoms with Crippen molar-refractivity contribution in [3.05, 3.63) is 53.9 Å². The number of morpholine rings is 1. The first kappa shape index (κ1) is 23.0. The molecule has 0 spiro atoms. The summed E-state index contributed by atoms with van der Waals surface area (Å²) in [7, 11) is -3.72. The van der Waals surface area contributed by atoms with Gasteiger partial charge in [0.15, 0.2) is 6.61 Å². The summed E-state index contributed by atoms with van der Waals surface area (Å²) in [6.07, 6.45) is 2.87. The summed E-state index contributed by atoms with van der Waals surface area (Å²) < 4.78 is 36.8. The summed E-state index contributed by atoms with van der Waals surface area (Å²) in [6, 6.07) is 10.6. The Kier molecular flexibility index (Phi) is 7.83. The Morgan fingerprint density at radius 2 is 1.94 bits per heavy atom. The van der Waals surface area contributed by atoms with Crippen LogP contribution in [0.4, 0.5) is 0 Å². The molecule has 10 heteroatoms. The van der Waals surface area contributed by atoms with Gasteiger partial charge >= 0.3 is 5.97 Å². The fourth-order valence-corrected chi connectivity index (χ4v) is 4.72. The van der Waals surface area contributed by atoms with E-state index in [0.29, 0.717) is 13.2 Å². The second kappa shape index (κ2) is 10.6. The number of benzene rings is 1. The summed E-state index contributed by atoms with van der Waals surface area (Å²) >= 11 is 0. The molecule has 1 aromatic heterocycles. The van der Waals surface area contributed by atoms with Gasteiger partial charge in [0.25, 0.3) is 5.91 Å². The number of sulfonamides is 1. The molecule has 2 N–H and O–H groups in total. The van der Waals surface area contributed by atoms with Gasteiger partial charge in [-0.3, -0.25) is 4.79 Å². The molecule has 9 nitrogen and oxygen atoms in total.